The zero-order valence-electron chi connectivity index (χ0n) is 30.9. The van der Waals surface area contributed by atoms with Gasteiger partial charge >= 0.3 is 11.9 Å². The van der Waals surface area contributed by atoms with Crippen LogP contribution in [0.3, 0.4) is 0 Å². The third-order valence-electron chi connectivity index (χ3n) is 9.06. The van der Waals surface area contributed by atoms with E-state index in [2.05, 4.69) is 26.0 Å². The van der Waals surface area contributed by atoms with E-state index in [1.54, 1.807) is 0 Å². The molecule has 0 rings (SSSR count). The van der Waals surface area contributed by atoms with Crippen LogP contribution in [0, 0.1) is 0 Å². The lowest BCUT2D eigenvalue weighted by Crippen LogP contribution is -2.28. The quantitative estimate of drug-likeness (QED) is 0.0411. The molecule has 0 saturated carbocycles. The van der Waals surface area contributed by atoms with E-state index in [9.17, 15) is 14.7 Å². The van der Waals surface area contributed by atoms with Crippen LogP contribution in [0.4, 0.5) is 0 Å². The zero-order chi connectivity index (χ0) is 33.6. The van der Waals surface area contributed by atoms with Gasteiger partial charge < -0.3 is 14.6 Å². The molecular weight excluding hydrogens is 572 g/mol. The van der Waals surface area contributed by atoms with Crippen molar-refractivity contribution in [3.05, 3.63) is 12.2 Å². The molecule has 0 aliphatic heterocycles. The molecule has 0 heterocycles. The summed E-state index contributed by atoms with van der Waals surface area (Å²) in [5.74, 6) is -0.592. The topological polar surface area (TPSA) is 72.8 Å². The summed E-state index contributed by atoms with van der Waals surface area (Å²) >= 11 is 0. The van der Waals surface area contributed by atoms with Crippen LogP contribution >= 0.6 is 0 Å². The first-order valence-corrected chi connectivity index (χ1v) is 20.2. The summed E-state index contributed by atoms with van der Waals surface area (Å²) in [5, 5.41) is 9.54. The van der Waals surface area contributed by atoms with Crippen molar-refractivity contribution in [2.75, 3.05) is 13.2 Å². The SMILES string of the molecule is CCCCC=CCCCCCCCC(=O)OCC(CO)OC(=O)CCCCCCCCCCCCCCCCCCCCCCC. The van der Waals surface area contributed by atoms with Gasteiger partial charge in [0.15, 0.2) is 6.10 Å². The van der Waals surface area contributed by atoms with E-state index in [1.807, 2.05) is 0 Å². The molecule has 46 heavy (non-hydrogen) atoms. The van der Waals surface area contributed by atoms with Crippen molar-refractivity contribution in [3.63, 3.8) is 0 Å². The fourth-order valence-electron chi connectivity index (χ4n) is 5.95. The van der Waals surface area contributed by atoms with Crippen molar-refractivity contribution < 1.29 is 24.2 Å². The van der Waals surface area contributed by atoms with Crippen LogP contribution in [0.25, 0.3) is 0 Å². The Balaban J connectivity index is 3.47. The Bertz CT molecular complexity index is 661. The molecule has 0 spiro atoms. The molecule has 0 amide bonds. The normalized spacial score (nSPS) is 12.2. The summed E-state index contributed by atoms with van der Waals surface area (Å²) in [6.07, 6.45) is 42.8. The third-order valence-corrected chi connectivity index (χ3v) is 9.06. The van der Waals surface area contributed by atoms with E-state index in [0.717, 1.165) is 44.9 Å². The monoisotopic (exact) mass is 651 g/mol. The maximum Gasteiger partial charge on any atom is 0.306 e. The van der Waals surface area contributed by atoms with Gasteiger partial charge in [0.25, 0.3) is 0 Å². The maximum absolute atomic E-state index is 12.2. The number of allylic oxidation sites excluding steroid dienone is 2. The highest BCUT2D eigenvalue weighted by molar-refractivity contribution is 5.70. The van der Waals surface area contributed by atoms with Crippen molar-refractivity contribution >= 4 is 11.9 Å². The fourth-order valence-corrected chi connectivity index (χ4v) is 5.95. The summed E-state index contributed by atoms with van der Waals surface area (Å²) in [4.78, 5) is 24.2. The Morgan fingerprint density at radius 2 is 0.826 bits per heavy atom. The van der Waals surface area contributed by atoms with E-state index in [4.69, 9.17) is 9.47 Å². The third kappa shape index (κ3) is 35.5. The van der Waals surface area contributed by atoms with Gasteiger partial charge in [0, 0.05) is 12.8 Å². The van der Waals surface area contributed by atoms with Crippen LogP contribution in [0.15, 0.2) is 12.2 Å². The van der Waals surface area contributed by atoms with Gasteiger partial charge in [0.2, 0.25) is 0 Å². The van der Waals surface area contributed by atoms with Crippen molar-refractivity contribution in [2.45, 2.75) is 225 Å². The molecule has 1 atom stereocenters. The van der Waals surface area contributed by atoms with Crippen molar-refractivity contribution in [3.8, 4) is 0 Å². The van der Waals surface area contributed by atoms with Gasteiger partial charge in [-0.3, -0.25) is 9.59 Å². The minimum atomic E-state index is -0.767. The van der Waals surface area contributed by atoms with Gasteiger partial charge in [-0.2, -0.15) is 0 Å². The molecule has 1 unspecified atom stereocenters. The first kappa shape index (κ1) is 44.6. The molecule has 0 saturated heterocycles. The minimum absolute atomic E-state index is 0.0647. The Hall–Kier alpha value is -1.36. The molecule has 5 heteroatoms. The van der Waals surface area contributed by atoms with Crippen molar-refractivity contribution in [1.29, 1.82) is 0 Å². The molecule has 0 aromatic heterocycles. The van der Waals surface area contributed by atoms with Crippen LogP contribution in [0.2, 0.25) is 0 Å². The number of hydrogen-bond donors (Lipinski definition) is 1. The second kappa shape index (κ2) is 38.1. The number of rotatable bonds is 37. The van der Waals surface area contributed by atoms with Crippen LogP contribution in [-0.4, -0.2) is 36.4 Å². The molecule has 0 bridgehead atoms. The molecule has 0 aliphatic carbocycles. The van der Waals surface area contributed by atoms with Gasteiger partial charge in [0.1, 0.15) is 6.61 Å². The number of ether oxygens (including phenoxy) is 2. The summed E-state index contributed by atoms with van der Waals surface area (Å²) in [6.45, 7) is 4.11. The first-order chi connectivity index (χ1) is 22.6. The highest BCUT2D eigenvalue weighted by Gasteiger charge is 2.16. The van der Waals surface area contributed by atoms with Crippen LogP contribution in [0.1, 0.15) is 219 Å². The summed E-state index contributed by atoms with van der Waals surface area (Å²) in [6, 6.07) is 0. The molecule has 0 fully saturated rings. The second-order valence-electron chi connectivity index (χ2n) is 13.7. The summed E-state index contributed by atoms with van der Waals surface area (Å²) in [7, 11) is 0. The van der Waals surface area contributed by atoms with E-state index < -0.39 is 6.10 Å². The van der Waals surface area contributed by atoms with Crippen LogP contribution < -0.4 is 0 Å². The Kier molecular flexibility index (Phi) is 37.0. The van der Waals surface area contributed by atoms with Gasteiger partial charge in [-0.15, -0.1) is 0 Å². The molecule has 5 nitrogen and oxygen atoms in total. The average Bonchev–Trinajstić information content (AvgIpc) is 3.06. The van der Waals surface area contributed by atoms with Gasteiger partial charge in [-0.25, -0.2) is 0 Å². The number of aliphatic hydroxyl groups excluding tert-OH is 1. The predicted octanol–water partition coefficient (Wildman–Crippen LogP) is 12.5. The maximum atomic E-state index is 12.2. The van der Waals surface area contributed by atoms with Crippen LogP contribution in [-0.2, 0) is 19.1 Å². The largest absolute Gasteiger partial charge is 0.462 e. The van der Waals surface area contributed by atoms with Crippen molar-refractivity contribution in [2.24, 2.45) is 0 Å². The molecule has 272 valence electrons. The standard InChI is InChI=1S/C41H78O5/c1-3-5-7-9-11-13-15-16-17-18-19-20-21-22-23-24-26-28-30-32-34-36-41(44)46-39(37-42)38-45-40(43)35-33-31-29-27-25-14-12-10-8-6-4-2/h10,12,39,42H,3-9,11,13-38H2,1-2H3. The highest BCUT2D eigenvalue weighted by Crippen LogP contribution is 2.16. The number of esters is 2. The Labute approximate surface area is 286 Å². The number of carbonyl (C=O) groups excluding carboxylic acids is 2. The first-order valence-electron chi connectivity index (χ1n) is 20.2. The highest BCUT2D eigenvalue weighted by atomic mass is 16.6. The smallest absolute Gasteiger partial charge is 0.306 e. The lowest BCUT2D eigenvalue weighted by Gasteiger charge is -2.15. The minimum Gasteiger partial charge on any atom is -0.462 e. The molecular formula is C41H78O5. The van der Waals surface area contributed by atoms with E-state index in [0.29, 0.717) is 12.8 Å². The second-order valence-corrected chi connectivity index (χ2v) is 13.7. The lowest BCUT2D eigenvalue weighted by molar-refractivity contribution is -0.161. The average molecular weight is 651 g/mol. The molecule has 0 aliphatic rings. The zero-order valence-corrected chi connectivity index (χ0v) is 30.9. The van der Waals surface area contributed by atoms with Gasteiger partial charge in [-0.1, -0.05) is 187 Å². The Morgan fingerprint density at radius 1 is 0.478 bits per heavy atom. The number of unbranched alkanes of at least 4 members (excludes halogenated alkanes) is 27. The summed E-state index contributed by atoms with van der Waals surface area (Å²) in [5.41, 5.74) is 0. The molecule has 1 N–H and O–H groups in total. The fraction of sp³-hybridized carbons (Fsp3) is 0.902. The van der Waals surface area contributed by atoms with E-state index in [1.165, 1.54) is 148 Å². The summed E-state index contributed by atoms with van der Waals surface area (Å²) < 4.78 is 10.6. The van der Waals surface area contributed by atoms with Gasteiger partial charge in [0.05, 0.1) is 6.61 Å². The molecule has 0 aromatic rings. The number of aliphatic hydroxyl groups is 1. The van der Waals surface area contributed by atoms with Gasteiger partial charge in [-0.05, 0) is 32.1 Å². The van der Waals surface area contributed by atoms with E-state index in [-0.39, 0.29) is 25.2 Å². The van der Waals surface area contributed by atoms with Crippen molar-refractivity contribution in [1.82, 2.24) is 0 Å². The number of hydrogen-bond acceptors (Lipinski definition) is 5. The number of carbonyl (C=O) groups is 2. The predicted molar refractivity (Wildman–Crippen MR) is 196 cm³/mol. The Morgan fingerprint density at radius 3 is 1.24 bits per heavy atom. The van der Waals surface area contributed by atoms with Crippen LogP contribution in [0.5, 0.6) is 0 Å². The molecule has 0 radical (unpaired) electrons. The lowest BCUT2D eigenvalue weighted by atomic mass is 10.0. The molecule has 0 aromatic carbocycles. The van der Waals surface area contributed by atoms with E-state index >= 15 is 0 Å².